The molecule has 0 atom stereocenters. The Hall–Kier alpha value is -2.97. The van der Waals surface area contributed by atoms with Crippen LogP contribution in [0.4, 0.5) is 0 Å². The Morgan fingerprint density at radius 2 is 1.48 bits per heavy atom. The van der Waals surface area contributed by atoms with E-state index in [0.717, 1.165) is 10.4 Å². The highest BCUT2D eigenvalue weighted by molar-refractivity contribution is 7.12. The molecule has 0 aliphatic carbocycles. The molecule has 5 aromatic rings. The molecule has 0 unspecified atom stereocenters. The van der Waals surface area contributed by atoms with Crippen LogP contribution in [0.1, 0.15) is 15.2 Å². The molecule has 0 fully saturated rings. The van der Waals surface area contributed by atoms with E-state index in [2.05, 4.69) is 54.6 Å². The molecule has 1 nitrogen and oxygen atoms in total. The summed E-state index contributed by atoms with van der Waals surface area (Å²) < 4.78 is 0. The van der Waals surface area contributed by atoms with Crippen molar-refractivity contribution in [2.45, 2.75) is 0 Å². The highest BCUT2D eigenvalue weighted by Crippen LogP contribution is 2.36. The summed E-state index contributed by atoms with van der Waals surface area (Å²) >= 11 is 1.48. The smallest absolute Gasteiger partial charge is 0.195 e. The number of carbonyl (C=O) groups is 1. The third-order valence-corrected chi connectivity index (χ3v) is 5.63. The number of hydrogen-bond acceptors (Lipinski definition) is 2. The number of allylic oxidation sites excluding steroid dienone is 1. The summed E-state index contributed by atoms with van der Waals surface area (Å²) in [5.74, 6) is 0.0562. The third-order valence-electron chi connectivity index (χ3n) is 4.74. The van der Waals surface area contributed by atoms with Gasteiger partial charge in [0.05, 0.1) is 4.88 Å². The standard InChI is InChI=1S/C23H14OS/c24-20(21-5-2-14-25-21)13-11-15-6-7-18-9-8-16-3-1-4-17-10-12-19(15)23(18)22(16)17/h1-14H. The first kappa shape index (κ1) is 14.4. The second-order valence-corrected chi connectivity index (χ2v) is 7.13. The Bertz CT molecular complexity index is 1230. The molecule has 1 heterocycles. The van der Waals surface area contributed by atoms with Gasteiger partial charge in [-0.2, -0.15) is 0 Å². The summed E-state index contributed by atoms with van der Waals surface area (Å²) in [6, 6.07) is 23.1. The van der Waals surface area contributed by atoms with Crippen LogP contribution in [0.5, 0.6) is 0 Å². The lowest BCUT2D eigenvalue weighted by molar-refractivity contribution is 0.105. The number of rotatable bonds is 3. The number of ketones is 1. The average molecular weight is 338 g/mol. The summed E-state index contributed by atoms with van der Waals surface area (Å²) in [6.07, 6.45) is 3.62. The predicted octanol–water partition coefficient (Wildman–Crippen LogP) is 6.54. The molecule has 0 saturated carbocycles. The fraction of sp³-hybridized carbons (Fsp3) is 0. The van der Waals surface area contributed by atoms with Gasteiger partial charge in [-0.15, -0.1) is 11.3 Å². The first-order chi connectivity index (χ1) is 12.3. The molecule has 0 spiro atoms. The van der Waals surface area contributed by atoms with Gasteiger partial charge in [-0.25, -0.2) is 0 Å². The van der Waals surface area contributed by atoms with E-state index in [9.17, 15) is 4.79 Å². The highest BCUT2D eigenvalue weighted by Gasteiger charge is 2.10. The quantitative estimate of drug-likeness (QED) is 0.207. The maximum atomic E-state index is 12.3. The normalized spacial score (nSPS) is 12.0. The van der Waals surface area contributed by atoms with E-state index in [1.807, 2.05) is 23.6 Å². The Balaban J connectivity index is 1.72. The lowest BCUT2D eigenvalue weighted by Crippen LogP contribution is -1.90. The minimum absolute atomic E-state index is 0.0562. The Labute approximate surface area is 149 Å². The average Bonchev–Trinajstić information content (AvgIpc) is 3.19. The molecule has 0 bridgehead atoms. The van der Waals surface area contributed by atoms with E-state index >= 15 is 0 Å². The van der Waals surface area contributed by atoms with E-state index in [0.29, 0.717) is 0 Å². The van der Waals surface area contributed by atoms with Crippen molar-refractivity contribution in [2.24, 2.45) is 0 Å². The molecule has 0 saturated heterocycles. The van der Waals surface area contributed by atoms with E-state index in [1.54, 1.807) is 6.08 Å². The van der Waals surface area contributed by atoms with Crippen molar-refractivity contribution in [3.8, 4) is 0 Å². The zero-order valence-corrected chi connectivity index (χ0v) is 14.2. The van der Waals surface area contributed by atoms with Gasteiger partial charge in [-0.05, 0) is 55.4 Å². The Kier molecular flexibility index (Phi) is 3.19. The van der Waals surface area contributed by atoms with Crippen molar-refractivity contribution in [3.05, 3.63) is 88.6 Å². The molecule has 2 heteroatoms. The van der Waals surface area contributed by atoms with Crippen LogP contribution in [-0.4, -0.2) is 5.78 Å². The van der Waals surface area contributed by atoms with Gasteiger partial charge in [0.25, 0.3) is 0 Å². The molecule has 118 valence electrons. The summed E-state index contributed by atoms with van der Waals surface area (Å²) in [5.41, 5.74) is 1.08. The second kappa shape index (κ2) is 5.54. The van der Waals surface area contributed by atoms with Gasteiger partial charge >= 0.3 is 0 Å². The van der Waals surface area contributed by atoms with E-state index in [-0.39, 0.29) is 5.78 Å². The number of benzene rings is 4. The monoisotopic (exact) mass is 338 g/mol. The van der Waals surface area contributed by atoms with Crippen molar-refractivity contribution >= 4 is 55.5 Å². The van der Waals surface area contributed by atoms with Crippen molar-refractivity contribution in [2.75, 3.05) is 0 Å². The van der Waals surface area contributed by atoms with E-state index < -0.39 is 0 Å². The first-order valence-electron chi connectivity index (χ1n) is 8.24. The molecule has 0 amide bonds. The van der Waals surface area contributed by atoms with E-state index in [1.165, 1.54) is 43.7 Å². The van der Waals surface area contributed by atoms with Crippen LogP contribution in [-0.2, 0) is 0 Å². The topological polar surface area (TPSA) is 17.1 Å². The van der Waals surface area contributed by atoms with Crippen LogP contribution in [0.2, 0.25) is 0 Å². The molecular weight excluding hydrogens is 324 g/mol. The molecule has 0 aliphatic heterocycles. The van der Waals surface area contributed by atoms with Crippen molar-refractivity contribution in [3.63, 3.8) is 0 Å². The summed E-state index contributed by atoms with van der Waals surface area (Å²) in [7, 11) is 0. The Morgan fingerprint density at radius 1 is 0.760 bits per heavy atom. The van der Waals surface area contributed by atoms with Crippen molar-refractivity contribution in [1.29, 1.82) is 0 Å². The van der Waals surface area contributed by atoms with Crippen LogP contribution in [0.3, 0.4) is 0 Å². The maximum absolute atomic E-state index is 12.3. The number of thiophene rings is 1. The fourth-order valence-electron chi connectivity index (χ4n) is 3.57. The maximum Gasteiger partial charge on any atom is 0.195 e. The fourth-order valence-corrected chi connectivity index (χ4v) is 4.21. The van der Waals surface area contributed by atoms with Gasteiger partial charge < -0.3 is 0 Å². The van der Waals surface area contributed by atoms with Crippen LogP contribution in [0, 0.1) is 0 Å². The molecule has 25 heavy (non-hydrogen) atoms. The summed E-state index contributed by atoms with van der Waals surface area (Å²) in [4.78, 5) is 13.0. The van der Waals surface area contributed by atoms with Gasteiger partial charge in [0.2, 0.25) is 0 Å². The van der Waals surface area contributed by atoms with Gasteiger partial charge in [0.1, 0.15) is 0 Å². The molecule has 0 aliphatic rings. The Morgan fingerprint density at radius 3 is 2.24 bits per heavy atom. The molecule has 1 aromatic heterocycles. The lowest BCUT2D eigenvalue weighted by Gasteiger charge is -2.12. The molecule has 4 aromatic carbocycles. The number of carbonyl (C=O) groups excluding carboxylic acids is 1. The largest absolute Gasteiger partial charge is 0.288 e. The molecule has 5 rings (SSSR count). The molecule has 0 radical (unpaired) electrons. The zero-order chi connectivity index (χ0) is 16.8. The second-order valence-electron chi connectivity index (χ2n) is 6.19. The molecular formula is C23H14OS. The van der Waals surface area contributed by atoms with Gasteiger partial charge in [-0.1, -0.05) is 66.7 Å². The van der Waals surface area contributed by atoms with Crippen LogP contribution >= 0.6 is 11.3 Å². The minimum atomic E-state index is 0.0562. The van der Waals surface area contributed by atoms with Crippen LogP contribution < -0.4 is 0 Å². The summed E-state index contributed by atoms with van der Waals surface area (Å²) in [5, 5.41) is 9.45. The van der Waals surface area contributed by atoms with Gasteiger partial charge in [-0.3, -0.25) is 4.79 Å². The lowest BCUT2D eigenvalue weighted by atomic mass is 9.92. The van der Waals surface area contributed by atoms with E-state index in [4.69, 9.17) is 0 Å². The van der Waals surface area contributed by atoms with Gasteiger partial charge in [0, 0.05) is 0 Å². The van der Waals surface area contributed by atoms with Crippen LogP contribution in [0.15, 0.2) is 78.2 Å². The highest BCUT2D eigenvalue weighted by atomic mass is 32.1. The summed E-state index contributed by atoms with van der Waals surface area (Å²) in [6.45, 7) is 0. The predicted molar refractivity (Wildman–Crippen MR) is 108 cm³/mol. The third kappa shape index (κ3) is 2.26. The van der Waals surface area contributed by atoms with Gasteiger partial charge in [0.15, 0.2) is 5.78 Å². The minimum Gasteiger partial charge on any atom is -0.288 e. The van der Waals surface area contributed by atoms with Crippen molar-refractivity contribution < 1.29 is 4.79 Å². The zero-order valence-electron chi connectivity index (χ0n) is 13.4. The number of hydrogen-bond donors (Lipinski definition) is 0. The molecule has 0 N–H and O–H groups in total. The SMILES string of the molecule is O=C(C=Cc1ccc2ccc3cccc4ccc1c2c34)c1cccs1. The van der Waals surface area contributed by atoms with Crippen LogP contribution in [0.25, 0.3) is 38.4 Å². The van der Waals surface area contributed by atoms with Crippen molar-refractivity contribution in [1.82, 2.24) is 0 Å². The first-order valence-corrected chi connectivity index (χ1v) is 9.12.